The molecule has 0 saturated carbocycles. The molecule has 1 aromatic heterocycles. The lowest BCUT2D eigenvalue weighted by atomic mass is 10.1. The van der Waals surface area contributed by atoms with Gasteiger partial charge in [0.2, 0.25) is 5.91 Å². The molecule has 2 rings (SSSR count). The maximum absolute atomic E-state index is 11.7. The summed E-state index contributed by atoms with van der Waals surface area (Å²) in [5, 5.41) is 2.84. The Balaban J connectivity index is 2.27. The molecule has 0 spiro atoms. The molecule has 0 bridgehead atoms. The zero-order valence-electron chi connectivity index (χ0n) is 9.18. The van der Waals surface area contributed by atoms with E-state index >= 15 is 0 Å². The SMILES string of the molecule is CCC1C(=O)NCCN1c1cc(N)ncn1. The van der Waals surface area contributed by atoms with Crippen molar-refractivity contribution in [2.45, 2.75) is 19.4 Å². The summed E-state index contributed by atoms with van der Waals surface area (Å²) >= 11 is 0. The highest BCUT2D eigenvalue weighted by molar-refractivity contribution is 5.86. The summed E-state index contributed by atoms with van der Waals surface area (Å²) in [6.07, 6.45) is 2.17. The first-order chi connectivity index (χ1) is 7.72. The van der Waals surface area contributed by atoms with Gasteiger partial charge in [0.15, 0.2) is 0 Å². The van der Waals surface area contributed by atoms with Gasteiger partial charge in [-0.3, -0.25) is 4.79 Å². The first-order valence-corrected chi connectivity index (χ1v) is 5.34. The second kappa shape index (κ2) is 4.34. The van der Waals surface area contributed by atoms with E-state index in [0.29, 0.717) is 18.2 Å². The van der Waals surface area contributed by atoms with Gasteiger partial charge in [-0.1, -0.05) is 6.92 Å². The standard InChI is InChI=1S/C10H15N5O/c1-2-7-10(16)12-3-4-15(7)9-5-8(11)13-6-14-9/h5-7H,2-4H2,1H3,(H,12,16)(H2,11,13,14). The number of nitrogen functional groups attached to an aromatic ring is 1. The van der Waals surface area contributed by atoms with Gasteiger partial charge in [-0.2, -0.15) is 0 Å². The summed E-state index contributed by atoms with van der Waals surface area (Å²) in [6.45, 7) is 3.37. The number of amides is 1. The molecule has 0 aliphatic carbocycles. The predicted molar refractivity (Wildman–Crippen MR) is 60.9 cm³/mol. The minimum atomic E-state index is -0.164. The third-order valence-corrected chi connectivity index (χ3v) is 2.69. The number of hydrogen-bond acceptors (Lipinski definition) is 5. The first-order valence-electron chi connectivity index (χ1n) is 5.34. The lowest BCUT2D eigenvalue weighted by Gasteiger charge is -2.35. The number of anilines is 2. The molecule has 0 radical (unpaired) electrons. The Morgan fingerprint density at radius 3 is 3.12 bits per heavy atom. The number of rotatable bonds is 2. The van der Waals surface area contributed by atoms with Crippen LogP contribution in [0.2, 0.25) is 0 Å². The van der Waals surface area contributed by atoms with E-state index in [-0.39, 0.29) is 11.9 Å². The summed E-state index contributed by atoms with van der Waals surface area (Å²) in [5.41, 5.74) is 5.61. The molecule has 0 aromatic carbocycles. The Hall–Kier alpha value is -1.85. The summed E-state index contributed by atoms with van der Waals surface area (Å²) in [6, 6.07) is 1.53. The van der Waals surface area contributed by atoms with Crippen molar-refractivity contribution in [1.29, 1.82) is 0 Å². The lowest BCUT2D eigenvalue weighted by molar-refractivity contribution is -0.123. The van der Waals surface area contributed by atoms with Crippen molar-refractivity contribution in [2.24, 2.45) is 0 Å². The minimum absolute atomic E-state index is 0.0472. The van der Waals surface area contributed by atoms with E-state index in [1.54, 1.807) is 6.07 Å². The normalized spacial score (nSPS) is 20.7. The Bertz CT molecular complexity index is 395. The quantitative estimate of drug-likeness (QED) is 0.721. The zero-order valence-corrected chi connectivity index (χ0v) is 9.18. The maximum Gasteiger partial charge on any atom is 0.242 e. The molecular weight excluding hydrogens is 206 g/mol. The van der Waals surface area contributed by atoms with E-state index in [1.807, 2.05) is 11.8 Å². The molecule has 3 N–H and O–H groups in total. The van der Waals surface area contributed by atoms with E-state index in [9.17, 15) is 4.79 Å². The molecule has 1 atom stereocenters. The van der Waals surface area contributed by atoms with Crippen LogP contribution in [-0.4, -0.2) is 35.0 Å². The molecule has 1 amide bonds. The minimum Gasteiger partial charge on any atom is -0.384 e. The molecule has 6 nitrogen and oxygen atoms in total. The number of nitrogens with two attached hydrogens (primary N) is 1. The molecule has 6 heteroatoms. The molecule has 1 aliphatic rings. The number of piperazine rings is 1. The molecule has 2 heterocycles. The Labute approximate surface area is 93.9 Å². The van der Waals surface area contributed by atoms with E-state index in [4.69, 9.17) is 5.73 Å². The van der Waals surface area contributed by atoms with Crippen LogP contribution in [0.5, 0.6) is 0 Å². The van der Waals surface area contributed by atoms with Crippen molar-refractivity contribution in [3.8, 4) is 0 Å². The van der Waals surface area contributed by atoms with Crippen LogP contribution in [0.25, 0.3) is 0 Å². The third kappa shape index (κ3) is 1.91. The molecule has 86 valence electrons. The van der Waals surface area contributed by atoms with E-state index < -0.39 is 0 Å². The molecule has 1 fully saturated rings. The predicted octanol–water partition coefficient (Wildman–Crippen LogP) is -0.226. The van der Waals surface area contributed by atoms with Crippen LogP contribution in [0.15, 0.2) is 12.4 Å². The number of aromatic nitrogens is 2. The Morgan fingerprint density at radius 2 is 2.44 bits per heavy atom. The van der Waals surface area contributed by atoms with E-state index in [2.05, 4.69) is 15.3 Å². The second-order valence-electron chi connectivity index (χ2n) is 3.71. The van der Waals surface area contributed by atoms with Crippen molar-refractivity contribution in [1.82, 2.24) is 15.3 Å². The second-order valence-corrected chi connectivity index (χ2v) is 3.71. The molecule has 16 heavy (non-hydrogen) atoms. The number of carbonyl (C=O) groups excluding carboxylic acids is 1. The van der Waals surface area contributed by atoms with Gasteiger partial charge >= 0.3 is 0 Å². The smallest absolute Gasteiger partial charge is 0.242 e. The van der Waals surface area contributed by atoms with Gasteiger partial charge in [0.1, 0.15) is 24.0 Å². The maximum atomic E-state index is 11.7. The van der Waals surface area contributed by atoms with Crippen LogP contribution >= 0.6 is 0 Å². The van der Waals surface area contributed by atoms with Crippen LogP contribution in [0.1, 0.15) is 13.3 Å². The van der Waals surface area contributed by atoms with Crippen LogP contribution in [-0.2, 0) is 4.79 Å². The van der Waals surface area contributed by atoms with Crippen molar-refractivity contribution in [3.63, 3.8) is 0 Å². The highest BCUT2D eigenvalue weighted by atomic mass is 16.2. The average Bonchev–Trinajstić information content (AvgIpc) is 2.28. The van der Waals surface area contributed by atoms with Crippen molar-refractivity contribution in [2.75, 3.05) is 23.7 Å². The fourth-order valence-corrected chi connectivity index (χ4v) is 1.91. The first kappa shape index (κ1) is 10.7. The molecule has 1 saturated heterocycles. The van der Waals surface area contributed by atoms with Gasteiger partial charge in [0.25, 0.3) is 0 Å². The molecular formula is C10H15N5O. The van der Waals surface area contributed by atoms with Crippen LogP contribution in [0, 0.1) is 0 Å². The van der Waals surface area contributed by atoms with Crippen molar-refractivity contribution < 1.29 is 4.79 Å². The highest BCUT2D eigenvalue weighted by Crippen LogP contribution is 2.18. The summed E-state index contributed by atoms with van der Waals surface area (Å²) < 4.78 is 0. The highest BCUT2D eigenvalue weighted by Gasteiger charge is 2.28. The fourth-order valence-electron chi connectivity index (χ4n) is 1.91. The van der Waals surface area contributed by atoms with Gasteiger partial charge < -0.3 is 16.0 Å². The zero-order chi connectivity index (χ0) is 11.5. The molecule has 1 aromatic rings. The van der Waals surface area contributed by atoms with Gasteiger partial charge in [0.05, 0.1) is 0 Å². The monoisotopic (exact) mass is 221 g/mol. The van der Waals surface area contributed by atoms with Crippen molar-refractivity contribution in [3.05, 3.63) is 12.4 Å². The van der Waals surface area contributed by atoms with Gasteiger partial charge in [0, 0.05) is 19.2 Å². The fraction of sp³-hybridized carbons (Fsp3) is 0.500. The number of carbonyl (C=O) groups is 1. The molecule has 1 aliphatic heterocycles. The van der Waals surface area contributed by atoms with Crippen molar-refractivity contribution >= 4 is 17.5 Å². The van der Waals surface area contributed by atoms with Gasteiger partial charge in [-0.15, -0.1) is 0 Å². The lowest BCUT2D eigenvalue weighted by Crippen LogP contribution is -2.55. The Kier molecular flexibility index (Phi) is 2.89. The van der Waals surface area contributed by atoms with E-state index in [1.165, 1.54) is 6.33 Å². The number of nitrogens with one attached hydrogen (secondary N) is 1. The number of hydrogen-bond donors (Lipinski definition) is 2. The van der Waals surface area contributed by atoms with Gasteiger partial charge in [-0.25, -0.2) is 9.97 Å². The van der Waals surface area contributed by atoms with E-state index in [0.717, 1.165) is 13.0 Å². The topological polar surface area (TPSA) is 84.1 Å². The van der Waals surface area contributed by atoms with Crippen LogP contribution in [0.3, 0.4) is 0 Å². The van der Waals surface area contributed by atoms with Gasteiger partial charge in [-0.05, 0) is 6.42 Å². The summed E-state index contributed by atoms with van der Waals surface area (Å²) in [5.74, 6) is 1.19. The third-order valence-electron chi connectivity index (χ3n) is 2.69. The van der Waals surface area contributed by atoms with Crippen LogP contribution in [0.4, 0.5) is 11.6 Å². The van der Waals surface area contributed by atoms with Crippen LogP contribution < -0.4 is 16.0 Å². The summed E-state index contributed by atoms with van der Waals surface area (Å²) in [4.78, 5) is 21.6. The largest absolute Gasteiger partial charge is 0.384 e. The summed E-state index contributed by atoms with van der Waals surface area (Å²) in [7, 11) is 0. The average molecular weight is 221 g/mol. The number of nitrogens with zero attached hydrogens (tertiary/aromatic N) is 3. The molecule has 1 unspecified atom stereocenters. The Morgan fingerprint density at radius 1 is 1.62 bits per heavy atom.